The standard InChI is InChI=1S/C11H15N3OS/c1-7(2)10-11(16-14-13-10)9(12)5-8-3-4-15-6-8/h3-4,6-7,9H,5,12H2,1-2H3. The first-order valence-electron chi connectivity index (χ1n) is 5.27. The topological polar surface area (TPSA) is 64.9 Å². The summed E-state index contributed by atoms with van der Waals surface area (Å²) >= 11 is 1.39. The zero-order chi connectivity index (χ0) is 11.5. The SMILES string of the molecule is CC(C)c1nnsc1C(N)Cc1ccoc1. The fourth-order valence-electron chi connectivity index (χ4n) is 1.62. The van der Waals surface area contributed by atoms with Gasteiger partial charge in [-0.2, -0.15) is 0 Å². The Morgan fingerprint density at radius 3 is 2.94 bits per heavy atom. The molecule has 2 rings (SSSR count). The second-order valence-corrected chi connectivity index (χ2v) is 4.91. The van der Waals surface area contributed by atoms with E-state index < -0.39 is 0 Å². The average molecular weight is 237 g/mol. The van der Waals surface area contributed by atoms with Crippen molar-refractivity contribution in [3.05, 3.63) is 34.7 Å². The van der Waals surface area contributed by atoms with Gasteiger partial charge in [0.05, 0.1) is 23.1 Å². The van der Waals surface area contributed by atoms with Gasteiger partial charge in [0, 0.05) is 6.04 Å². The molecule has 0 radical (unpaired) electrons. The number of nitrogens with zero attached hydrogens (tertiary/aromatic N) is 2. The summed E-state index contributed by atoms with van der Waals surface area (Å²) in [5.74, 6) is 0.365. The third kappa shape index (κ3) is 2.31. The van der Waals surface area contributed by atoms with E-state index in [4.69, 9.17) is 10.2 Å². The molecule has 0 aromatic carbocycles. The van der Waals surface area contributed by atoms with Crippen molar-refractivity contribution in [1.82, 2.24) is 9.59 Å². The van der Waals surface area contributed by atoms with Gasteiger partial charge in [-0.25, -0.2) is 0 Å². The fraction of sp³-hybridized carbons (Fsp3) is 0.455. The predicted octanol–water partition coefficient (Wildman–Crippen LogP) is 2.50. The maximum Gasteiger partial charge on any atom is 0.0935 e. The summed E-state index contributed by atoms with van der Waals surface area (Å²) in [6.45, 7) is 4.20. The molecule has 1 unspecified atom stereocenters. The molecule has 0 aliphatic rings. The third-order valence-electron chi connectivity index (χ3n) is 2.46. The van der Waals surface area contributed by atoms with E-state index in [9.17, 15) is 0 Å². The molecule has 16 heavy (non-hydrogen) atoms. The highest BCUT2D eigenvalue weighted by Crippen LogP contribution is 2.26. The number of nitrogens with two attached hydrogens (primary N) is 1. The Morgan fingerprint density at radius 1 is 1.50 bits per heavy atom. The van der Waals surface area contributed by atoms with Crippen LogP contribution in [-0.2, 0) is 6.42 Å². The van der Waals surface area contributed by atoms with Gasteiger partial charge in [-0.3, -0.25) is 0 Å². The van der Waals surface area contributed by atoms with E-state index in [-0.39, 0.29) is 6.04 Å². The van der Waals surface area contributed by atoms with E-state index in [1.54, 1.807) is 12.5 Å². The van der Waals surface area contributed by atoms with E-state index in [0.29, 0.717) is 5.92 Å². The van der Waals surface area contributed by atoms with Gasteiger partial charge in [-0.05, 0) is 35.5 Å². The first-order chi connectivity index (χ1) is 7.68. The van der Waals surface area contributed by atoms with Crippen LogP contribution in [0.25, 0.3) is 0 Å². The van der Waals surface area contributed by atoms with E-state index in [2.05, 4.69) is 23.4 Å². The van der Waals surface area contributed by atoms with Crippen molar-refractivity contribution < 1.29 is 4.42 Å². The maximum atomic E-state index is 6.16. The Bertz CT molecular complexity index is 436. The van der Waals surface area contributed by atoms with Crippen LogP contribution in [0.2, 0.25) is 0 Å². The second kappa shape index (κ2) is 4.76. The van der Waals surface area contributed by atoms with Gasteiger partial charge in [0.2, 0.25) is 0 Å². The lowest BCUT2D eigenvalue weighted by molar-refractivity contribution is 0.561. The van der Waals surface area contributed by atoms with E-state index >= 15 is 0 Å². The minimum atomic E-state index is -0.0463. The molecular weight excluding hydrogens is 222 g/mol. The summed E-state index contributed by atoms with van der Waals surface area (Å²) in [5.41, 5.74) is 8.28. The third-order valence-corrected chi connectivity index (χ3v) is 3.33. The predicted molar refractivity (Wildman–Crippen MR) is 63.3 cm³/mol. The molecule has 0 saturated carbocycles. The van der Waals surface area contributed by atoms with Crippen molar-refractivity contribution >= 4 is 11.5 Å². The fourth-order valence-corrected chi connectivity index (χ4v) is 2.42. The largest absolute Gasteiger partial charge is 0.472 e. The lowest BCUT2D eigenvalue weighted by Crippen LogP contribution is -2.14. The van der Waals surface area contributed by atoms with Crippen molar-refractivity contribution in [3.63, 3.8) is 0 Å². The summed E-state index contributed by atoms with van der Waals surface area (Å²) in [7, 11) is 0. The Labute approximate surface area is 98.6 Å². The molecule has 0 saturated heterocycles. The van der Waals surface area contributed by atoms with Gasteiger partial charge < -0.3 is 10.2 Å². The Morgan fingerprint density at radius 2 is 2.31 bits per heavy atom. The number of rotatable bonds is 4. The summed E-state index contributed by atoms with van der Waals surface area (Å²) in [5, 5.41) is 4.13. The molecular formula is C11H15N3OS. The normalized spacial score (nSPS) is 13.2. The minimum absolute atomic E-state index is 0.0463. The maximum absolute atomic E-state index is 6.16. The van der Waals surface area contributed by atoms with Crippen LogP contribution in [0.4, 0.5) is 0 Å². The molecule has 0 fully saturated rings. The van der Waals surface area contributed by atoms with Gasteiger partial charge in [-0.1, -0.05) is 18.3 Å². The number of aromatic nitrogens is 2. The molecule has 0 aliphatic carbocycles. The zero-order valence-corrected chi connectivity index (χ0v) is 10.2. The molecule has 0 bridgehead atoms. The Kier molecular flexibility index (Phi) is 3.36. The molecule has 2 N–H and O–H groups in total. The van der Waals surface area contributed by atoms with Crippen LogP contribution in [-0.4, -0.2) is 9.59 Å². The molecule has 0 aliphatic heterocycles. The first kappa shape index (κ1) is 11.3. The van der Waals surface area contributed by atoms with Gasteiger partial charge in [-0.15, -0.1) is 5.10 Å². The molecule has 0 amide bonds. The smallest absolute Gasteiger partial charge is 0.0935 e. The molecule has 1 atom stereocenters. The average Bonchev–Trinajstić information content (AvgIpc) is 2.86. The molecule has 0 spiro atoms. The van der Waals surface area contributed by atoms with Crippen molar-refractivity contribution in [1.29, 1.82) is 0 Å². The zero-order valence-electron chi connectivity index (χ0n) is 9.38. The number of hydrogen-bond acceptors (Lipinski definition) is 5. The molecule has 2 aromatic heterocycles. The summed E-state index contributed by atoms with van der Waals surface area (Å²) in [6.07, 6.45) is 4.15. The monoisotopic (exact) mass is 237 g/mol. The quantitative estimate of drug-likeness (QED) is 0.887. The van der Waals surface area contributed by atoms with Crippen molar-refractivity contribution in [2.24, 2.45) is 5.73 Å². The van der Waals surface area contributed by atoms with E-state index in [1.165, 1.54) is 11.5 Å². The molecule has 2 heterocycles. The Hall–Kier alpha value is -1.20. The summed E-state index contributed by atoms with van der Waals surface area (Å²) < 4.78 is 9.01. The Balaban J connectivity index is 2.14. The van der Waals surface area contributed by atoms with Gasteiger partial charge >= 0.3 is 0 Å². The summed E-state index contributed by atoms with van der Waals surface area (Å²) in [4.78, 5) is 1.08. The van der Waals surface area contributed by atoms with Crippen molar-refractivity contribution in [2.75, 3.05) is 0 Å². The molecule has 4 nitrogen and oxygen atoms in total. The van der Waals surface area contributed by atoms with E-state index in [1.807, 2.05) is 6.07 Å². The minimum Gasteiger partial charge on any atom is -0.472 e. The van der Waals surface area contributed by atoms with Crippen LogP contribution in [0.1, 0.15) is 41.9 Å². The lowest BCUT2D eigenvalue weighted by atomic mass is 10.0. The lowest BCUT2D eigenvalue weighted by Gasteiger charge is -2.10. The van der Waals surface area contributed by atoms with Gasteiger partial charge in [0.1, 0.15) is 0 Å². The molecule has 86 valence electrons. The van der Waals surface area contributed by atoms with Crippen LogP contribution in [0, 0.1) is 0 Å². The van der Waals surface area contributed by atoms with Crippen LogP contribution in [0.3, 0.4) is 0 Å². The molecule has 5 heteroatoms. The number of furan rings is 1. The van der Waals surface area contributed by atoms with Crippen LogP contribution in [0.5, 0.6) is 0 Å². The second-order valence-electron chi connectivity index (χ2n) is 4.12. The molecule has 2 aromatic rings. The van der Waals surface area contributed by atoms with Crippen molar-refractivity contribution in [3.8, 4) is 0 Å². The van der Waals surface area contributed by atoms with Gasteiger partial charge in [0.15, 0.2) is 0 Å². The highest BCUT2D eigenvalue weighted by Gasteiger charge is 2.18. The highest BCUT2D eigenvalue weighted by molar-refractivity contribution is 7.05. The van der Waals surface area contributed by atoms with Crippen molar-refractivity contribution in [2.45, 2.75) is 32.2 Å². The van der Waals surface area contributed by atoms with Crippen LogP contribution < -0.4 is 5.73 Å². The van der Waals surface area contributed by atoms with Gasteiger partial charge in [0.25, 0.3) is 0 Å². The number of hydrogen-bond donors (Lipinski definition) is 1. The summed E-state index contributed by atoms with van der Waals surface area (Å²) in [6, 6.07) is 1.89. The van der Waals surface area contributed by atoms with E-state index in [0.717, 1.165) is 22.6 Å². The highest BCUT2D eigenvalue weighted by atomic mass is 32.1. The first-order valence-corrected chi connectivity index (χ1v) is 6.04. The van der Waals surface area contributed by atoms with Crippen LogP contribution in [0.15, 0.2) is 23.0 Å². The van der Waals surface area contributed by atoms with Crippen LogP contribution >= 0.6 is 11.5 Å².